The molecule has 2 aliphatic rings. The summed E-state index contributed by atoms with van der Waals surface area (Å²) in [6, 6.07) is 36.5. The van der Waals surface area contributed by atoms with E-state index in [4.69, 9.17) is 18.9 Å². The fraction of sp³-hybridized carbons (Fsp3) is 0.424. The molecular weight excluding hydrogens is 1240 g/mol. The molecule has 0 radical (unpaired) electrons. The van der Waals surface area contributed by atoms with Crippen LogP contribution in [0.4, 0.5) is 11.4 Å². The van der Waals surface area contributed by atoms with Crippen molar-refractivity contribution in [2.24, 2.45) is 0 Å². The van der Waals surface area contributed by atoms with E-state index in [0.29, 0.717) is 52.7 Å². The van der Waals surface area contributed by atoms with Crippen molar-refractivity contribution in [1.82, 2.24) is 21.3 Å². The number of carboxylic acids is 1. The molecule has 0 saturated carbocycles. The number of ether oxygens (including phenoxy) is 4. The summed E-state index contributed by atoms with van der Waals surface area (Å²) in [7, 11) is 0. The van der Waals surface area contributed by atoms with Crippen LogP contribution in [0.5, 0.6) is 0 Å². The lowest BCUT2D eigenvalue weighted by Gasteiger charge is -2.46. The van der Waals surface area contributed by atoms with Gasteiger partial charge in [-0.1, -0.05) is 97.1 Å². The lowest BCUT2D eigenvalue weighted by atomic mass is 9.88. The topological polar surface area (TPSA) is 387 Å². The van der Waals surface area contributed by atoms with E-state index in [2.05, 4.69) is 31.9 Å². The Kier molecular flexibility index (Phi) is 27.8. The number of rotatable bonds is 34. The smallest absolute Gasteiger partial charge is 0.364 e. The van der Waals surface area contributed by atoms with Crippen molar-refractivity contribution in [1.29, 1.82) is 0 Å². The van der Waals surface area contributed by atoms with Gasteiger partial charge < -0.3 is 86.6 Å². The summed E-state index contributed by atoms with van der Waals surface area (Å²) in [5.74, 6) is -7.65. The molecule has 0 unspecified atom stereocenters. The van der Waals surface area contributed by atoms with Crippen LogP contribution in [0.25, 0.3) is 22.3 Å². The van der Waals surface area contributed by atoms with Gasteiger partial charge in [-0.2, -0.15) is 23.5 Å². The van der Waals surface area contributed by atoms with E-state index < -0.39 is 128 Å². The van der Waals surface area contributed by atoms with Crippen molar-refractivity contribution in [3.8, 4) is 22.3 Å². The highest BCUT2D eigenvalue weighted by Crippen LogP contribution is 2.35. The van der Waals surface area contributed by atoms with Crippen molar-refractivity contribution in [2.45, 2.75) is 125 Å². The van der Waals surface area contributed by atoms with Gasteiger partial charge in [-0.3, -0.25) is 33.6 Å². The van der Waals surface area contributed by atoms with Gasteiger partial charge in [0.25, 0.3) is 17.6 Å². The second-order valence-corrected chi connectivity index (χ2v) is 24.8. The van der Waals surface area contributed by atoms with Gasteiger partial charge in [0.2, 0.25) is 29.4 Å². The van der Waals surface area contributed by atoms with E-state index >= 15 is 0 Å². The minimum atomic E-state index is -2.51. The number of amides is 6. The van der Waals surface area contributed by atoms with Crippen LogP contribution in [0.3, 0.4) is 0 Å². The van der Waals surface area contributed by atoms with Crippen molar-refractivity contribution >= 4 is 82.6 Å². The predicted molar refractivity (Wildman–Crippen MR) is 347 cm³/mol. The molecule has 0 aromatic heterocycles. The summed E-state index contributed by atoms with van der Waals surface area (Å²) < 4.78 is 23.4. The third kappa shape index (κ3) is 21.2. The highest BCUT2D eigenvalue weighted by atomic mass is 32.2. The zero-order chi connectivity index (χ0) is 67.1. The third-order valence-corrected chi connectivity index (χ3v) is 17.4. The third-order valence-electron chi connectivity index (χ3n) is 15.3. The first-order chi connectivity index (χ1) is 44.6. The molecule has 500 valence electrons. The summed E-state index contributed by atoms with van der Waals surface area (Å²) in [6.45, 7) is 1.10. The van der Waals surface area contributed by atoms with Gasteiger partial charge in [0, 0.05) is 75.3 Å². The number of carbonyl (C=O) groups is 8. The number of carboxylic acid groups (broad SMARTS) is 1. The maximum Gasteiger partial charge on any atom is 0.364 e. The monoisotopic (exact) mass is 1320 g/mol. The number of carbonyl (C=O) groups excluding carboxylic acids is 7. The predicted octanol–water partition coefficient (Wildman–Crippen LogP) is 3.25. The fourth-order valence-electron chi connectivity index (χ4n) is 10.5. The molecule has 7 rings (SSSR count). The number of aliphatic hydroxyl groups is 6. The van der Waals surface area contributed by atoms with Crippen LogP contribution in [-0.2, 0) is 47.7 Å². The highest BCUT2D eigenvalue weighted by molar-refractivity contribution is 7.99. The van der Waals surface area contributed by atoms with Crippen LogP contribution in [-0.4, -0.2) is 205 Å². The quantitative estimate of drug-likeness (QED) is 0.0208. The second-order valence-electron chi connectivity index (χ2n) is 22.3. The number of para-hydroxylation sites is 2. The molecule has 5 aromatic rings. The number of anilines is 2. The van der Waals surface area contributed by atoms with Gasteiger partial charge in [0.1, 0.15) is 24.4 Å². The Labute approximate surface area is 546 Å². The first kappa shape index (κ1) is 72.8. The van der Waals surface area contributed by atoms with Gasteiger partial charge in [0.05, 0.1) is 61.1 Å². The number of aliphatic carboxylic acids is 1. The Morgan fingerprint density at radius 3 is 1.37 bits per heavy atom. The fourth-order valence-corrected chi connectivity index (χ4v) is 12.2. The van der Waals surface area contributed by atoms with Crippen LogP contribution in [0.1, 0.15) is 73.1 Å². The number of aliphatic hydroxyl groups excluding tert-OH is 6. The number of benzene rings is 5. The molecule has 0 bridgehead atoms. The van der Waals surface area contributed by atoms with Crippen LogP contribution >= 0.6 is 23.5 Å². The Hall–Kier alpha value is -7.64. The maximum absolute atomic E-state index is 13.1. The minimum Gasteiger partial charge on any atom is -0.477 e. The molecular formula is C66H80N6O19S2. The molecule has 27 heteroatoms. The molecule has 0 aliphatic carbocycles. The standard InChI is InChI=1S/C66H80N6O19S2/c1-40(74)69-56-50(76)35-65(39-73,90-60(56)58(82)52(78)37-67-62(84)46-23-19-44(20-24-46)42-13-5-3-6-14-42)88-29-11-31-92-33-27-54(80)71-48-17-9-10-18-49(48)72-55(81)28-34-93-32-12-30-89-66(64(86)87)36-51(77)57(70-41(2)75)61(91-66)59(83)53(79)38-68-63(85)47-25-21-45(22-26-47)43-15-7-4-8-16-43/h3-10,13-26,39,50-53,56-61,76-79,82-83H,11-12,27-38H2,1-2H3,(H,67,84)(H,68,85)(H,69,74)(H,70,75)(H,71,80)(H,72,81)(H,86,87)/t50-,51-,52+,53+,56+,57+,58+,59+,60+,61+,65+,66+/m0/s1. The van der Waals surface area contributed by atoms with E-state index in [1.807, 2.05) is 60.7 Å². The number of nitrogens with one attached hydrogen (secondary N) is 6. The Balaban J connectivity index is 0.792. The molecule has 12 atom stereocenters. The highest BCUT2D eigenvalue weighted by Gasteiger charge is 2.56. The van der Waals surface area contributed by atoms with E-state index in [0.717, 1.165) is 29.2 Å². The zero-order valence-electron chi connectivity index (χ0n) is 51.3. The van der Waals surface area contributed by atoms with E-state index in [1.165, 1.54) is 30.4 Å². The molecule has 2 heterocycles. The lowest BCUT2D eigenvalue weighted by Crippen LogP contribution is -2.68. The van der Waals surface area contributed by atoms with Crippen molar-refractivity contribution < 1.29 is 93.0 Å². The summed E-state index contributed by atoms with van der Waals surface area (Å²) in [6.07, 6.45) is -13.5. The van der Waals surface area contributed by atoms with Crippen molar-refractivity contribution in [3.63, 3.8) is 0 Å². The molecule has 2 fully saturated rings. The average molecular weight is 1330 g/mol. The minimum absolute atomic E-state index is 0.0577. The van der Waals surface area contributed by atoms with Crippen molar-refractivity contribution in [3.05, 3.63) is 145 Å². The maximum atomic E-state index is 13.1. The van der Waals surface area contributed by atoms with Crippen LogP contribution in [0, 0.1) is 0 Å². The van der Waals surface area contributed by atoms with Gasteiger partial charge in [-0.25, -0.2) is 4.79 Å². The lowest BCUT2D eigenvalue weighted by molar-refractivity contribution is -0.310. The van der Waals surface area contributed by atoms with Crippen LogP contribution in [0.2, 0.25) is 0 Å². The molecule has 0 spiro atoms. The Morgan fingerprint density at radius 2 is 0.946 bits per heavy atom. The van der Waals surface area contributed by atoms with Gasteiger partial charge in [-0.15, -0.1) is 0 Å². The van der Waals surface area contributed by atoms with Gasteiger partial charge in [-0.05, 0) is 83.0 Å². The largest absolute Gasteiger partial charge is 0.477 e. The molecule has 2 aliphatic heterocycles. The van der Waals surface area contributed by atoms with E-state index in [1.54, 1.807) is 72.8 Å². The van der Waals surface area contributed by atoms with E-state index in [-0.39, 0.29) is 49.9 Å². The zero-order valence-corrected chi connectivity index (χ0v) is 52.9. The molecule has 13 N–H and O–H groups in total. The molecule has 93 heavy (non-hydrogen) atoms. The Morgan fingerprint density at radius 1 is 0.548 bits per heavy atom. The van der Waals surface area contributed by atoms with Gasteiger partial charge >= 0.3 is 5.97 Å². The molecule has 5 aromatic carbocycles. The number of hydrogen-bond donors (Lipinski definition) is 13. The average Bonchev–Trinajstić information content (AvgIpc) is 0.783. The number of hydrogen-bond acceptors (Lipinski definition) is 20. The summed E-state index contributed by atoms with van der Waals surface area (Å²) >= 11 is 2.78. The normalized spacial score (nSPS) is 22.4. The van der Waals surface area contributed by atoms with E-state index in [9.17, 15) is 74.1 Å². The summed E-state index contributed by atoms with van der Waals surface area (Å²) in [5.41, 5.74) is 4.94. The summed E-state index contributed by atoms with van der Waals surface area (Å²) in [5, 5.41) is 93.1. The van der Waals surface area contributed by atoms with Crippen molar-refractivity contribution in [2.75, 3.05) is 59.9 Å². The first-order valence-electron chi connectivity index (χ1n) is 30.3. The second kappa shape index (κ2) is 35.6. The van der Waals surface area contributed by atoms with Crippen LogP contribution < -0.4 is 31.9 Å². The summed E-state index contributed by atoms with van der Waals surface area (Å²) in [4.78, 5) is 102. The Bertz CT molecular complexity index is 3290. The first-order valence-corrected chi connectivity index (χ1v) is 32.6. The molecule has 6 amide bonds. The molecule has 25 nitrogen and oxygen atoms in total. The molecule has 2 saturated heterocycles. The SMILES string of the molecule is CC(=O)N[C@H]1[C@H]([C@H](O)[C@H](O)CNC(=O)c2ccc(-c3ccccc3)cc2)O[C@](C=O)(OCCCSCCC(=O)Nc2ccccc2NC(=O)CCSCCCO[C@]2(C(=O)O)C[C@H](O)[C@@H](NC(C)=O)[C@H]([C@H](O)[C@H](O)CNC(=O)c3ccc(-c4ccccc4)cc3)O2)C[C@@H]1O. The number of aldehydes is 1. The number of thioether (sulfide) groups is 2. The van der Waals surface area contributed by atoms with Gasteiger partial charge in [0.15, 0.2) is 6.29 Å². The van der Waals surface area contributed by atoms with Crippen LogP contribution in [0.15, 0.2) is 133 Å².